The van der Waals surface area contributed by atoms with Crippen LogP contribution in [0.2, 0.25) is 0 Å². The summed E-state index contributed by atoms with van der Waals surface area (Å²) in [6.07, 6.45) is 0. The van der Waals surface area contributed by atoms with Crippen LogP contribution in [0.15, 0.2) is 0 Å². The third-order valence-electron chi connectivity index (χ3n) is 3.10. The van der Waals surface area contributed by atoms with Crippen LogP contribution in [0.25, 0.3) is 0 Å². The summed E-state index contributed by atoms with van der Waals surface area (Å²) in [5, 5.41) is 0. The Morgan fingerprint density at radius 2 is 2.00 bits per heavy atom. The zero-order chi connectivity index (χ0) is 11.4. The Balaban J connectivity index is 2.60. The second kappa shape index (κ2) is 5.80. The molecule has 0 amide bonds. The maximum atomic E-state index is 5.58. The summed E-state index contributed by atoms with van der Waals surface area (Å²) in [7, 11) is 10.7. The van der Waals surface area contributed by atoms with E-state index in [1.165, 1.54) is 0 Å². The van der Waals surface area contributed by atoms with E-state index >= 15 is 0 Å². The molecule has 1 rings (SSSR count). The predicted octanol–water partition coefficient (Wildman–Crippen LogP) is -0.191. The van der Waals surface area contributed by atoms with E-state index in [9.17, 15) is 0 Å². The van der Waals surface area contributed by atoms with Gasteiger partial charge in [0, 0.05) is 25.2 Å². The molecule has 1 heterocycles. The number of hydrogen-bond donors (Lipinski definition) is 0. The summed E-state index contributed by atoms with van der Waals surface area (Å²) in [5.74, 6) is 0. The molecule has 0 saturated carbocycles. The van der Waals surface area contributed by atoms with Crippen molar-refractivity contribution in [1.29, 1.82) is 0 Å². The largest absolute Gasteiger partial charge is 0.378 e. The van der Waals surface area contributed by atoms with Gasteiger partial charge in [-0.2, -0.15) is 0 Å². The van der Waals surface area contributed by atoms with E-state index in [2.05, 4.69) is 49.9 Å². The molecular weight excluding hydrogens is 190 g/mol. The highest BCUT2D eigenvalue weighted by molar-refractivity contribution is 4.86. The average Bonchev–Trinajstić information content (AvgIpc) is 2.15. The van der Waals surface area contributed by atoms with Crippen molar-refractivity contribution in [1.82, 2.24) is 14.7 Å². The van der Waals surface area contributed by atoms with Crippen LogP contribution >= 0.6 is 0 Å². The predicted molar refractivity (Wildman–Crippen MR) is 63.3 cm³/mol. The molecule has 4 nitrogen and oxygen atoms in total. The molecule has 0 aromatic heterocycles. The normalized spacial score (nSPS) is 26.2. The smallest absolute Gasteiger partial charge is 0.0638 e. The van der Waals surface area contributed by atoms with Gasteiger partial charge in [-0.1, -0.05) is 0 Å². The average molecular weight is 215 g/mol. The number of rotatable bonds is 4. The Kier molecular flexibility index (Phi) is 4.99. The monoisotopic (exact) mass is 215 g/mol. The van der Waals surface area contributed by atoms with Crippen LogP contribution in [0.1, 0.15) is 0 Å². The molecule has 1 aliphatic rings. The van der Waals surface area contributed by atoms with E-state index in [0.29, 0.717) is 12.1 Å². The Morgan fingerprint density at radius 3 is 2.47 bits per heavy atom. The minimum atomic E-state index is 0.510. The van der Waals surface area contributed by atoms with Crippen molar-refractivity contribution in [3.8, 4) is 0 Å². The minimum Gasteiger partial charge on any atom is -0.378 e. The number of ether oxygens (including phenoxy) is 1. The van der Waals surface area contributed by atoms with Crippen molar-refractivity contribution in [2.75, 3.05) is 61.5 Å². The fourth-order valence-electron chi connectivity index (χ4n) is 2.11. The van der Waals surface area contributed by atoms with Gasteiger partial charge in [0.25, 0.3) is 0 Å². The Labute approximate surface area is 93.8 Å². The highest BCUT2D eigenvalue weighted by atomic mass is 16.5. The molecule has 0 aromatic rings. The number of hydrogen-bond acceptors (Lipinski definition) is 4. The summed E-state index contributed by atoms with van der Waals surface area (Å²) < 4.78 is 5.58. The SMILES string of the molecule is CN(C)CC(C1COCCN1C)N(C)C. The molecule has 0 radical (unpaired) electrons. The number of likely N-dealkylation sites (N-methyl/N-ethyl adjacent to an activating group) is 3. The molecule has 4 heteroatoms. The van der Waals surface area contributed by atoms with E-state index in [1.54, 1.807) is 0 Å². The molecular formula is C11H25N3O. The van der Waals surface area contributed by atoms with Crippen molar-refractivity contribution in [3.05, 3.63) is 0 Å². The highest BCUT2D eigenvalue weighted by Gasteiger charge is 2.29. The van der Waals surface area contributed by atoms with Crippen molar-refractivity contribution in [3.63, 3.8) is 0 Å². The van der Waals surface area contributed by atoms with E-state index in [4.69, 9.17) is 4.74 Å². The van der Waals surface area contributed by atoms with Gasteiger partial charge in [0.15, 0.2) is 0 Å². The fraction of sp³-hybridized carbons (Fsp3) is 1.00. The minimum absolute atomic E-state index is 0.510. The summed E-state index contributed by atoms with van der Waals surface area (Å²) >= 11 is 0. The van der Waals surface area contributed by atoms with E-state index in [0.717, 1.165) is 26.3 Å². The van der Waals surface area contributed by atoms with Crippen LogP contribution in [-0.2, 0) is 4.74 Å². The van der Waals surface area contributed by atoms with Crippen molar-refractivity contribution in [2.45, 2.75) is 12.1 Å². The molecule has 0 bridgehead atoms. The third-order valence-corrected chi connectivity index (χ3v) is 3.10. The summed E-state index contributed by atoms with van der Waals surface area (Å²) in [5.41, 5.74) is 0. The lowest BCUT2D eigenvalue weighted by Crippen LogP contribution is -2.57. The molecule has 0 N–H and O–H groups in total. The van der Waals surface area contributed by atoms with Crippen LogP contribution in [0, 0.1) is 0 Å². The second-order valence-electron chi connectivity index (χ2n) is 4.92. The second-order valence-corrected chi connectivity index (χ2v) is 4.92. The molecule has 0 aliphatic carbocycles. The quantitative estimate of drug-likeness (QED) is 0.647. The van der Waals surface area contributed by atoms with Gasteiger partial charge in [-0.05, 0) is 35.2 Å². The zero-order valence-corrected chi connectivity index (χ0v) is 10.7. The van der Waals surface area contributed by atoms with E-state index < -0.39 is 0 Å². The van der Waals surface area contributed by atoms with Crippen molar-refractivity contribution >= 4 is 0 Å². The molecule has 0 aromatic carbocycles. The Morgan fingerprint density at radius 1 is 1.33 bits per heavy atom. The molecule has 15 heavy (non-hydrogen) atoms. The first-order valence-electron chi connectivity index (χ1n) is 5.61. The highest BCUT2D eigenvalue weighted by Crippen LogP contribution is 2.12. The molecule has 90 valence electrons. The zero-order valence-electron chi connectivity index (χ0n) is 10.7. The van der Waals surface area contributed by atoms with E-state index in [-0.39, 0.29) is 0 Å². The van der Waals surface area contributed by atoms with Crippen LogP contribution in [-0.4, -0.2) is 88.3 Å². The molecule has 2 unspecified atom stereocenters. The van der Waals surface area contributed by atoms with Gasteiger partial charge in [-0.3, -0.25) is 4.90 Å². The van der Waals surface area contributed by atoms with Crippen molar-refractivity contribution in [2.24, 2.45) is 0 Å². The van der Waals surface area contributed by atoms with Crippen LogP contribution in [0.3, 0.4) is 0 Å². The lowest BCUT2D eigenvalue weighted by molar-refractivity contribution is -0.0285. The lowest BCUT2D eigenvalue weighted by atomic mass is 10.1. The summed E-state index contributed by atoms with van der Waals surface area (Å²) in [6.45, 7) is 3.84. The lowest BCUT2D eigenvalue weighted by Gasteiger charge is -2.41. The first-order chi connectivity index (χ1) is 7.02. The maximum absolute atomic E-state index is 5.58. The third kappa shape index (κ3) is 3.72. The van der Waals surface area contributed by atoms with Gasteiger partial charge < -0.3 is 14.5 Å². The van der Waals surface area contributed by atoms with Crippen LogP contribution in [0.4, 0.5) is 0 Å². The van der Waals surface area contributed by atoms with Crippen LogP contribution in [0.5, 0.6) is 0 Å². The molecule has 2 atom stereocenters. The van der Waals surface area contributed by atoms with Crippen LogP contribution < -0.4 is 0 Å². The molecule has 0 spiro atoms. The number of nitrogens with zero attached hydrogens (tertiary/aromatic N) is 3. The van der Waals surface area contributed by atoms with Gasteiger partial charge in [0.05, 0.1) is 13.2 Å². The van der Waals surface area contributed by atoms with Crippen molar-refractivity contribution < 1.29 is 4.74 Å². The topological polar surface area (TPSA) is 19.0 Å². The molecule has 1 saturated heterocycles. The summed E-state index contributed by atoms with van der Waals surface area (Å²) in [6, 6.07) is 1.04. The Bertz CT molecular complexity index is 185. The van der Waals surface area contributed by atoms with Gasteiger partial charge in [0.2, 0.25) is 0 Å². The number of morpholine rings is 1. The molecule has 1 aliphatic heterocycles. The molecule has 1 fully saturated rings. The Hall–Kier alpha value is -0.160. The van der Waals surface area contributed by atoms with Gasteiger partial charge in [0.1, 0.15) is 0 Å². The van der Waals surface area contributed by atoms with Gasteiger partial charge in [-0.25, -0.2) is 0 Å². The first-order valence-corrected chi connectivity index (χ1v) is 5.61. The van der Waals surface area contributed by atoms with E-state index in [1.807, 2.05) is 0 Å². The van der Waals surface area contributed by atoms with Gasteiger partial charge >= 0.3 is 0 Å². The summed E-state index contributed by atoms with van der Waals surface area (Å²) in [4.78, 5) is 6.96. The van der Waals surface area contributed by atoms with Gasteiger partial charge in [-0.15, -0.1) is 0 Å². The fourth-order valence-corrected chi connectivity index (χ4v) is 2.11. The maximum Gasteiger partial charge on any atom is 0.0638 e. The first kappa shape index (κ1) is 12.9. The standard InChI is InChI=1S/C11H25N3O/c1-12(2)8-10(13(3)4)11-9-15-7-6-14(11)5/h10-11H,6-9H2,1-5H3.